The van der Waals surface area contributed by atoms with Gasteiger partial charge in [0.2, 0.25) is 0 Å². The molecular weight excluding hydrogens is 190 g/mol. The van der Waals surface area contributed by atoms with Crippen molar-refractivity contribution in [3.8, 4) is 0 Å². The third kappa shape index (κ3) is 6.10. The Balaban J connectivity index is 1.99. The van der Waals surface area contributed by atoms with E-state index in [1.54, 1.807) is 0 Å². The zero-order valence-corrected chi connectivity index (χ0v) is 10.3. The van der Waals surface area contributed by atoms with Crippen LogP contribution in [-0.2, 0) is 4.74 Å². The second-order valence-electron chi connectivity index (χ2n) is 4.57. The normalized spacial score (nSPS) is 20.8. The number of hydrogen-bond donors (Lipinski definition) is 1. The van der Waals surface area contributed by atoms with Crippen molar-refractivity contribution in [1.29, 1.82) is 0 Å². The van der Waals surface area contributed by atoms with E-state index in [1.807, 2.05) is 0 Å². The van der Waals surface area contributed by atoms with Gasteiger partial charge in [-0.25, -0.2) is 0 Å². The molecule has 1 rings (SSSR count). The maximum absolute atomic E-state index is 5.31. The first kappa shape index (κ1) is 12.9. The Hall–Kier alpha value is -0.160. The molecule has 0 bridgehead atoms. The quantitative estimate of drug-likeness (QED) is 0.667. The molecule has 1 saturated heterocycles. The standard InChI is InChI=1S/C11H25N3O/c1-11(10-13(2)3)12-4-5-14-6-8-15-9-7-14/h11-12H,4-10H2,1-3H3. The molecule has 0 aromatic heterocycles. The summed E-state index contributed by atoms with van der Waals surface area (Å²) >= 11 is 0. The summed E-state index contributed by atoms with van der Waals surface area (Å²) in [6, 6.07) is 0.570. The van der Waals surface area contributed by atoms with Crippen molar-refractivity contribution in [3.63, 3.8) is 0 Å². The zero-order chi connectivity index (χ0) is 11.1. The molecule has 0 amide bonds. The minimum atomic E-state index is 0.570. The smallest absolute Gasteiger partial charge is 0.0594 e. The van der Waals surface area contributed by atoms with Crippen LogP contribution in [0, 0.1) is 0 Å². The fourth-order valence-electron chi connectivity index (χ4n) is 1.91. The number of likely N-dealkylation sites (N-methyl/N-ethyl adjacent to an activating group) is 1. The molecule has 1 fully saturated rings. The molecule has 0 spiro atoms. The van der Waals surface area contributed by atoms with Crippen molar-refractivity contribution < 1.29 is 4.74 Å². The van der Waals surface area contributed by atoms with Gasteiger partial charge in [0, 0.05) is 38.8 Å². The van der Waals surface area contributed by atoms with E-state index in [-0.39, 0.29) is 0 Å². The number of morpholine rings is 1. The molecule has 1 aliphatic heterocycles. The molecule has 1 atom stereocenters. The third-order valence-electron chi connectivity index (χ3n) is 2.66. The van der Waals surface area contributed by atoms with Crippen molar-refractivity contribution in [2.24, 2.45) is 0 Å². The van der Waals surface area contributed by atoms with Crippen LogP contribution in [0.15, 0.2) is 0 Å². The number of hydrogen-bond acceptors (Lipinski definition) is 4. The molecule has 0 saturated carbocycles. The van der Waals surface area contributed by atoms with Gasteiger partial charge >= 0.3 is 0 Å². The molecule has 1 N–H and O–H groups in total. The summed E-state index contributed by atoms with van der Waals surface area (Å²) in [5.41, 5.74) is 0. The van der Waals surface area contributed by atoms with Crippen molar-refractivity contribution in [3.05, 3.63) is 0 Å². The Morgan fingerprint density at radius 2 is 2.00 bits per heavy atom. The van der Waals surface area contributed by atoms with E-state index in [2.05, 4.69) is 36.1 Å². The van der Waals surface area contributed by atoms with Crippen molar-refractivity contribution in [1.82, 2.24) is 15.1 Å². The van der Waals surface area contributed by atoms with Gasteiger partial charge in [-0.3, -0.25) is 4.90 Å². The second kappa shape index (κ2) is 7.17. The van der Waals surface area contributed by atoms with Crippen LogP contribution in [0.3, 0.4) is 0 Å². The van der Waals surface area contributed by atoms with Gasteiger partial charge in [0.1, 0.15) is 0 Å². The van der Waals surface area contributed by atoms with Crippen molar-refractivity contribution in [2.45, 2.75) is 13.0 Å². The molecule has 0 aromatic carbocycles. The molecular formula is C11H25N3O. The third-order valence-corrected chi connectivity index (χ3v) is 2.66. The molecule has 0 aromatic rings. The van der Waals surface area contributed by atoms with Gasteiger partial charge in [0.05, 0.1) is 13.2 Å². The Morgan fingerprint density at radius 3 is 2.60 bits per heavy atom. The fourth-order valence-corrected chi connectivity index (χ4v) is 1.91. The molecule has 0 aliphatic carbocycles. The molecule has 0 radical (unpaired) electrons. The summed E-state index contributed by atoms with van der Waals surface area (Å²) in [6.45, 7) is 9.52. The molecule has 4 nitrogen and oxygen atoms in total. The van der Waals surface area contributed by atoms with Crippen LogP contribution >= 0.6 is 0 Å². The molecule has 4 heteroatoms. The number of ether oxygens (including phenoxy) is 1. The molecule has 15 heavy (non-hydrogen) atoms. The van der Waals surface area contributed by atoms with Crippen LogP contribution in [0.5, 0.6) is 0 Å². The Bertz CT molecular complexity index is 158. The summed E-state index contributed by atoms with van der Waals surface area (Å²) in [4.78, 5) is 4.67. The first-order chi connectivity index (χ1) is 7.18. The number of nitrogens with one attached hydrogen (secondary N) is 1. The van der Waals surface area contributed by atoms with Gasteiger partial charge < -0.3 is 15.0 Å². The topological polar surface area (TPSA) is 27.7 Å². The highest BCUT2D eigenvalue weighted by Crippen LogP contribution is 1.95. The lowest BCUT2D eigenvalue weighted by Gasteiger charge is -2.27. The summed E-state index contributed by atoms with van der Waals surface area (Å²) in [5, 5.41) is 3.54. The largest absolute Gasteiger partial charge is 0.379 e. The minimum absolute atomic E-state index is 0.570. The SMILES string of the molecule is CC(CN(C)C)NCCN1CCOCC1. The van der Waals surface area contributed by atoms with E-state index >= 15 is 0 Å². The first-order valence-electron chi connectivity index (χ1n) is 5.86. The van der Waals surface area contributed by atoms with Gasteiger partial charge in [-0.15, -0.1) is 0 Å². The predicted octanol–water partition coefficient (Wildman–Crippen LogP) is -0.142. The Kier molecular flexibility index (Phi) is 6.17. The van der Waals surface area contributed by atoms with Gasteiger partial charge in [-0.1, -0.05) is 0 Å². The van der Waals surface area contributed by atoms with Gasteiger partial charge in [0.15, 0.2) is 0 Å². The lowest BCUT2D eigenvalue weighted by Crippen LogP contribution is -2.43. The summed E-state index contributed by atoms with van der Waals surface area (Å²) < 4.78 is 5.31. The van der Waals surface area contributed by atoms with Gasteiger partial charge in [0.25, 0.3) is 0 Å². The summed E-state index contributed by atoms with van der Waals surface area (Å²) in [5.74, 6) is 0. The van der Waals surface area contributed by atoms with Gasteiger partial charge in [-0.2, -0.15) is 0 Å². The van der Waals surface area contributed by atoms with E-state index in [0.717, 1.165) is 45.9 Å². The monoisotopic (exact) mass is 215 g/mol. The van der Waals surface area contributed by atoms with Crippen LogP contribution in [0.2, 0.25) is 0 Å². The maximum Gasteiger partial charge on any atom is 0.0594 e. The van der Waals surface area contributed by atoms with E-state index in [0.29, 0.717) is 6.04 Å². The number of rotatable bonds is 6. The highest BCUT2D eigenvalue weighted by atomic mass is 16.5. The predicted molar refractivity (Wildman–Crippen MR) is 63.3 cm³/mol. The maximum atomic E-state index is 5.31. The average molecular weight is 215 g/mol. The molecule has 1 unspecified atom stereocenters. The van der Waals surface area contributed by atoms with Gasteiger partial charge in [-0.05, 0) is 21.0 Å². The minimum Gasteiger partial charge on any atom is -0.379 e. The number of nitrogens with zero attached hydrogens (tertiary/aromatic N) is 2. The van der Waals surface area contributed by atoms with E-state index in [9.17, 15) is 0 Å². The molecule has 90 valence electrons. The summed E-state index contributed by atoms with van der Waals surface area (Å²) in [7, 11) is 4.22. The second-order valence-corrected chi connectivity index (χ2v) is 4.57. The van der Waals surface area contributed by atoms with E-state index < -0.39 is 0 Å². The van der Waals surface area contributed by atoms with Crippen LogP contribution in [-0.4, -0.2) is 75.9 Å². The van der Waals surface area contributed by atoms with Crippen LogP contribution in [0.1, 0.15) is 6.92 Å². The van der Waals surface area contributed by atoms with Crippen molar-refractivity contribution >= 4 is 0 Å². The van der Waals surface area contributed by atoms with Crippen LogP contribution in [0.4, 0.5) is 0 Å². The van der Waals surface area contributed by atoms with Crippen LogP contribution < -0.4 is 5.32 Å². The van der Waals surface area contributed by atoms with Crippen LogP contribution in [0.25, 0.3) is 0 Å². The highest BCUT2D eigenvalue weighted by molar-refractivity contribution is 4.67. The first-order valence-corrected chi connectivity index (χ1v) is 5.86. The average Bonchev–Trinajstić information content (AvgIpc) is 2.18. The highest BCUT2D eigenvalue weighted by Gasteiger charge is 2.10. The van der Waals surface area contributed by atoms with Crippen molar-refractivity contribution in [2.75, 3.05) is 60.0 Å². The van der Waals surface area contributed by atoms with E-state index in [4.69, 9.17) is 4.74 Å². The lowest BCUT2D eigenvalue weighted by molar-refractivity contribution is 0.0381. The molecule has 1 aliphatic rings. The summed E-state index contributed by atoms with van der Waals surface area (Å²) in [6.07, 6.45) is 0. The molecule has 1 heterocycles. The van der Waals surface area contributed by atoms with E-state index in [1.165, 1.54) is 0 Å². The zero-order valence-electron chi connectivity index (χ0n) is 10.3. The fraction of sp³-hybridized carbons (Fsp3) is 1.00. The Labute approximate surface area is 93.6 Å². The Morgan fingerprint density at radius 1 is 1.33 bits per heavy atom. The lowest BCUT2D eigenvalue weighted by atomic mass is 10.3.